The van der Waals surface area contributed by atoms with Crippen molar-refractivity contribution in [2.75, 3.05) is 20.3 Å². The first-order valence-corrected chi connectivity index (χ1v) is 12.9. The second-order valence-electron chi connectivity index (χ2n) is 9.69. The van der Waals surface area contributed by atoms with Crippen LogP contribution in [-0.4, -0.2) is 56.1 Å². The summed E-state index contributed by atoms with van der Waals surface area (Å²) in [5, 5.41) is 18.9. The molecule has 2 aliphatic rings. The molecular weight excluding hydrogens is 476 g/mol. The minimum atomic E-state index is -0.586. The highest BCUT2D eigenvalue weighted by Crippen LogP contribution is 2.46. The van der Waals surface area contributed by atoms with E-state index in [9.17, 15) is 9.90 Å². The fraction of sp³-hybridized carbons (Fsp3) is 0.333. The number of hydrogen-bond donors (Lipinski definition) is 1. The van der Waals surface area contributed by atoms with Crippen LogP contribution < -0.4 is 9.47 Å². The maximum absolute atomic E-state index is 13.8. The molecule has 2 aliphatic heterocycles. The van der Waals surface area contributed by atoms with Gasteiger partial charge in [0.2, 0.25) is 0 Å². The Morgan fingerprint density at radius 3 is 2.86 bits per heavy atom. The van der Waals surface area contributed by atoms with E-state index in [1.807, 2.05) is 64.6 Å². The number of hydrogen-bond acceptors (Lipinski definition) is 6. The first-order chi connectivity index (χ1) is 17.4. The van der Waals surface area contributed by atoms with E-state index in [2.05, 4.69) is 6.07 Å². The number of amides is 1. The van der Waals surface area contributed by atoms with Crippen LogP contribution in [-0.2, 0) is 13.7 Å². The lowest BCUT2D eigenvalue weighted by atomic mass is 9.96. The van der Waals surface area contributed by atoms with E-state index >= 15 is 0 Å². The Morgan fingerprint density at radius 2 is 2.17 bits per heavy atom. The molecule has 5 heterocycles. The molecule has 0 aliphatic carbocycles. The molecule has 3 aromatic heterocycles. The molecule has 1 N–H and O–H groups in total. The molecule has 1 aromatic carbocycles. The predicted octanol–water partition coefficient (Wildman–Crippen LogP) is 4.49. The van der Waals surface area contributed by atoms with Gasteiger partial charge in [-0.15, -0.1) is 0 Å². The third-order valence-electron chi connectivity index (χ3n) is 7.34. The zero-order valence-electron chi connectivity index (χ0n) is 20.5. The fourth-order valence-electron chi connectivity index (χ4n) is 5.33. The van der Waals surface area contributed by atoms with Crippen molar-refractivity contribution in [1.29, 1.82) is 0 Å². The number of aromatic nitrogens is 3. The topological polar surface area (TPSA) is 81.8 Å². The van der Waals surface area contributed by atoms with Crippen LogP contribution in [0, 0.1) is 0 Å². The number of likely N-dealkylation sites (tertiary alicyclic amines) is 1. The molecule has 9 heteroatoms. The van der Waals surface area contributed by atoms with Gasteiger partial charge in [0.15, 0.2) is 5.69 Å². The smallest absolute Gasteiger partial charge is 0.275 e. The molecule has 0 saturated carbocycles. The molecule has 0 bridgehead atoms. The molecule has 6 rings (SSSR count). The van der Waals surface area contributed by atoms with E-state index in [4.69, 9.17) is 14.6 Å². The van der Waals surface area contributed by atoms with Crippen molar-refractivity contribution < 1.29 is 19.4 Å². The Hall–Kier alpha value is -3.56. The second kappa shape index (κ2) is 8.53. The summed E-state index contributed by atoms with van der Waals surface area (Å²) < 4.78 is 15.8. The Balaban J connectivity index is 1.55. The molecule has 1 amide bonds. The molecule has 0 spiro atoms. The van der Waals surface area contributed by atoms with Crippen LogP contribution >= 0.6 is 11.3 Å². The SMILES string of the molecule is COc1cc2c(cc1-c1ccn(C)c1)-c1c(c(C(=O)N3CCCC3(C)CO)nn1-c1ccsc1)CO2. The summed E-state index contributed by atoms with van der Waals surface area (Å²) in [7, 11) is 3.64. The summed E-state index contributed by atoms with van der Waals surface area (Å²) in [4.78, 5) is 15.6. The van der Waals surface area contributed by atoms with Gasteiger partial charge in [-0.3, -0.25) is 4.79 Å². The first kappa shape index (κ1) is 22.9. The van der Waals surface area contributed by atoms with Crippen LogP contribution in [0.4, 0.5) is 0 Å². The molecule has 1 fully saturated rings. The van der Waals surface area contributed by atoms with Crippen molar-refractivity contribution in [3.8, 4) is 39.6 Å². The van der Waals surface area contributed by atoms with Crippen molar-refractivity contribution in [3.05, 3.63) is 58.7 Å². The van der Waals surface area contributed by atoms with Crippen molar-refractivity contribution in [2.24, 2.45) is 7.05 Å². The highest BCUT2D eigenvalue weighted by Gasteiger charge is 2.42. The van der Waals surface area contributed by atoms with Gasteiger partial charge in [-0.05, 0) is 43.3 Å². The minimum Gasteiger partial charge on any atom is -0.496 e. The number of benzene rings is 1. The van der Waals surface area contributed by atoms with E-state index in [1.165, 1.54) is 0 Å². The van der Waals surface area contributed by atoms with Crippen LogP contribution in [0.2, 0.25) is 0 Å². The number of aryl methyl sites for hydroxylation is 1. The Kier molecular flexibility index (Phi) is 5.42. The summed E-state index contributed by atoms with van der Waals surface area (Å²) in [6, 6.07) is 8.02. The first-order valence-electron chi connectivity index (χ1n) is 12.0. The van der Waals surface area contributed by atoms with Gasteiger partial charge in [-0.25, -0.2) is 4.68 Å². The number of rotatable bonds is 5. The molecule has 8 nitrogen and oxygen atoms in total. The highest BCUT2D eigenvalue weighted by molar-refractivity contribution is 7.08. The number of thiophene rings is 1. The van der Waals surface area contributed by atoms with Crippen molar-refractivity contribution >= 4 is 17.2 Å². The van der Waals surface area contributed by atoms with Crippen molar-refractivity contribution in [2.45, 2.75) is 31.9 Å². The normalized spacial score (nSPS) is 18.6. The second-order valence-corrected chi connectivity index (χ2v) is 10.5. The molecule has 186 valence electrons. The maximum atomic E-state index is 13.8. The molecule has 1 saturated heterocycles. The molecule has 36 heavy (non-hydrogen) atoms. The number of nitrogens with zero attached hydrogens (tertiary/aromatic N) is 4. The van der Waals surface area contributed by atoms with Gasteiger partial charge in [0.05, 0.1) is 30.6 Å². The third kappa shape index (κ3) is 3.45. The van der Waals surface area contributed by atoms with Gasteiger partial charge in [-0.1, -0.05) is 0 Å². The van der Waals surface area contributed by atoms with E-state index < -0.39 is 5.54 Å². The molecule has 1 unspecified atom stereocenters. The fourth-order valence-corrected chi connectivity index (χ4v) is 5.95. The summed E-state index contributed by atoms with van der Waals surface area (Å²) in [6.45, 7) is 2.68. The van der Waals surface area contributed by atoms with E-state index in [0.717, 1.165) is 52.2 Å². The quantitative estimate of drug-likeness (QED) is 0.433. The zero-order chi connectivity index (χ0) is 25.0. The summed E-state index contributed by atoms with van der Waals surface area (Å²) >= 11 is 1.58. The lowest BCUT2D eigenvalue weighted by Gasteiger charge is -2.33. The molecular formula is C27H28N4O4S. The minimum absolute atomic E-state index is 0.0776. The maximum Gasteiger partial charge on any atom is 0.275 e. The van der Waals surface area contributed by atoms with Gasteiger partial charge in [0, 0.05) is 59.7 Å². The van der Waals surface area contributed by atoms with Crippen LogP contribution in [0.1, 0.15) is 35.8 Å². The molecule has 1 atom stereocenters. The lowest BCUT2D eigenvalue weighted by molar-refractivity contribution is 0.0464. The van der Waals surface area contributed by atoms with Crippen LogP contribution in [0.3, 0.4) is 0 Å². The zero-order valence-corrected chi connectivity index (χ0v) is 21.3. The number of aliphatic hydroxyl groups excluding tert-OH is 1. The van der Waals surface area contributed by atoms with Crippen LogP contribution in [0.5, 0.6) is 11.5 Å². The van der Waals surface area contributed by atoms with E-state index in [-0.39, 0.29) is 19.1 Å². The van der Waals surface area contributed by atoms with Crippen molar-refractivity contribution in [3.63, 3.8) is 0 Å². The number of methoxy groups -OCH3 is 1. The number of aliphatic hydroxyl groups is 1. The Labute approximate surface area is 213 Å². The standard InChI is InChI=1S/C27H28N4O4S/c1-27(16-32)7-4-8-30(27)26(33)24-21-14-35-23-12-22(34-3)19(17-5-9-29(2)13-17)11-20(23)25(21)31(28-24)18-6-10-36-15-18/h5-6,9-13,15,32H,4,7-8,14,16H2,1-3H3. The Morgan fingerprint density at radius 1 is 1.31 bits per heavy atom. The van der Waals surface area contributed by atoms with Crippen molar-refractivity contribution in [1.82, 2.24) is 19.2 Å². The number of carbonyl (C=O) groups is 1. The van der Waals surface area contributed by atoms with E-state index in [0.29, 0.717) is 18.0 Å². The number of fused-ring (bicyclic) bond motifs is 3. The lowest BCUT2D eigenvalue weighted by Crippen LogP contribution is -2.48. The summed E-state index contributed by atoms with van der Waals surface area (Å²) in [6.07, 6.45) is 5.66. The highest BCUT2D eigenvalue weighted by atomic mass is 32.1. The average Bonchev–Trinajstić information content (AvgIpc) is 3.68. The Bertz CT molecular complexity index is 1450. The number of ether oxygens (including phenoxy) is 2. The molecule has 4 aromatic rings. The van der Waals surface area contributed by atoms with Gasteiger partial charge in [0.25, 0.3) is 5.91 Å². The number of carbonyl (C=O) groups excluding carboxylic acids is 1. The van der Waals surface area contributed by atoms with Gasteiger partial charge < -0.3 is 24.0 Å². The van der Waals surface area contributed by atoms with Gasteiger partial charge in [0.1, 0.15) is 18.1 Å². The predicted molar refractivity (Wildman–Crippen MR) is 138 cm³/mol. The van der Waals surface area contributed by atoms with Crippen LogP contribution in [0.25, 0.3) is 28.1 Å². The average molecular weight is 505 g/mol. The molecule has 0 radical (unpaired) electrons. The largest absolute Gasteiger partial charge is 0.496 e. The third-order valence-corrected chi connectivity index (χ3v) is 8.01. The van der Waals surface area contributed by atoms with Gasteiger partial charge >= 0.3 is 0 Å². The summed E-state index contributed by atoms with van der Waals surface area (Å²) in [5.41, 5.74) is 5.12. The summed E-state index contributed by atoms with van der Waals surface area (Å²) in [5.74, 6) is 1.24. The monoisotopic (exact) mass is 504 g/mol. The van der Waals surface area contributed by atoms with E-state index in [1.54, 1.807) is 23.3 Å². The van der Waals surface area contributed by atoms with Gasteiger partial charge in [-0.2, -0.15) is 16.4 Å². The van der Waals surface area contributed by atoms with Crippen LogP contribution in [0.15, 0.2) is 47.4 Å².